The zero-order chi connectivity index (χ0) is 11.4. The first kappa shape index (κ1) is 10.3. The third-order valence-corrected chi connectivity index (χ3v) is 2.96. The van der Waals surface area contributed by atoms with Gasteiger partial charge in [-0.05, 0) is 26.3 Å². The maximum Gasteiger partial charge on any atom is 0.265 e. The quantitative estimate of drug-likeness (QED) is 0.366. The number of Topliss-reactive ketones (excluding diaryl/α,β-unsaturated/α-hetero) is 1. The van der Waals surface area contributed by atoms with Crippen LogP contribution in [0.2, 0.25) is 0 Å². The van der Waals surface area contributed by atoms with Crippen molar-refractivity contribution < 1.29 is 19.4 Å². The van der Waals surface area contributed by atoms with Crippen molar-refractivity contribution in [2.45, 2.75) is 38.2 Å². The minimum Gasteiger partial charge on any atom is -0.368 e. The number of ketones is 1. The lowest BCUT2D eigenvalue weighted by Crippen LogP contribution is -2.45. The Hall–Kier alpha value is -1.20. The van der Waals surface area contributed by atoms with E-state index in [-0.39, 0.29) is 5.78 Å². The molecule has 0 aliphatic carbocycles. The van der Waals surface area contributed by atoms with Crippen LogP contribution in [0.5, 0.6) is 0 Å². The van der Waals surface area contributed by atoms with E-state index in [2.05, 4.69) is 5.32 Å². The monoisotopic (exact) mass is 211 g/mol. The Balaban J connectivity index is 2.34. The van der Waals surface area contributed by atoms with Crippen LogP contribution in [0.25, 0.3) is 0 Å². The first-order chi connectivity index (χ1) is 6.86. The Kier molecular flexibility index (Phi) is 1.84. The average molecular weight is 211 g/mol. The highest BCUT2D eigenvalue weighted by atomic mass is 16.6. The van der Waals surface area contributed by atoms with Crippen molar-refractivity contribution in [2.75, 3.05) is 0 Å². The van der Waals surface area contributed by atoms with Gasteiger partial charge in [-0.2, -0.15) is 0 Å². The molecule has 3 atom stereocenters. The highest BCUT2D eigenvalue weighted by Gasteiger charge is 2.79. The second kappa shape index (κ2) is 2.68. The number of aliphatic hydroxyl groups is 1. The molecule has 2 heterocycles. The van der Waals surface area contributed by atoms with E-state index in [4.69, 9.17) is 4.74 Å². The molecule has 5 nitrogen and oxygen atoms in total. The van der Waals surface area contributed by atoms with Crippen LogP contribution in [0.1, 0.15) is 20.8 Å². The van der Waals surface area contributed by atoms with Crippen LogP contribution >= 0.6 is 0 Å². The second-order valence-electron chi connectivity index (χ2n) is 4.14. The largest absolute Gasteiger partial charge is 0.368 e. The molecule has 0 aromatic heterocycles. The number of allylic oxidation sites excluding steroid dienone is 1. The summed E-state index contributed by atoms with van der Waals surface area (Å²) in [5.74, 6) is -0.922. The van der Waals surface area contributed by atoms with Gasteiger partial charge in [-0.15, -0.1) is 0 Å². The molecule has 0 radical (unpaired) electrons. The van der Waals surface area contributed by atoms with Crippen molar-refractivity contribution >= 4 is 11.7 Å². The fourth-order valence-electron chi connectivity index (χ4n) is 1.92. The third-order valence-electron chi connectivity index (χ3n) is 2.96. The summed E-state index contributed by atoms with van der Waals surface area (Å²) in [6.07, 6.45) is 0.857. The molecule has 82 valence electrons. The van der Waals surface area contributed by atoms with Gasteiger partial charge in [0.05, 0.1) is 0 Å². The number of hydrogen-bond acceptors (Lipinski definition) is 4. The van der Waals surface area contributed by atoms with E-state index < -0.39 is 23.3 Å². The number of ether oxygens (including phenoxy) is 1. The maximum atomic E-state index is 11.9. The summed E-state index contributed by atoms with van der Waals surface area (Å²) < 4.78 is 5.10. The van der Waals surface area contributed by atoms with E-state index in [9.17, 15) is 14.7 Å². The molecule has 2 saturated heterocycles. The minimum absolute atomic E-state index is 0.370. The zero-order valence-corrected chi connectivity index (χ0v) is 8.83. The molecular weight excluding hydrogens is 198 g/mol. The number of rotatable bonds is 2. The molecule has 0 bridgehead atoms. The number of hydrogen-bond donors (Lipinski definition) is 2. The molecular formula is C10H13NO4. The minimum atomic E-state index is -1.47. The summed E-state index contributed by atoms with van der Waals surface area (Å²) in [5, 5.41) is 12.1. The number of fused-ring (bicyclic) bond motifs is 1. The Morgan fingerprint density at radius 1 is 1.67 bits per heavy atom. The molecule has 2 rings (SSSR count). The molecule has 15 heavy (non-hydrogen) atoms. The van der Waals surface area contributed by atoms with Gasteiger partial charge in [0.2, 0.25) is 11.4 Å². The smallest absolute Gasteiger partial charge is 0.265 e. The van der Waals surface area contributed by atoms with Crippen LogP contribution in [-0.4, -0.2) is 34.2 Å². The predicted octanol–water partition coefficient (Wildman–Crippen LogP) is -0.502. The molecule has 0 aromatic carbocycles. The van der Waals surface area contributed by atoms with Gasteiger partial charge >= 0.3 is 0 Å². The van der Waals surface area contributed by atoms with E-state index in [0.717, 1.165) is 0 Å². The van der Waals surface area contributed by atoms with Crippen LogP contribution in [0.4, 0.5) is 0 Å². The van der Waals surface area contributed by atoms with E-state index in [1.54, 1.807) is 19.9 Å². The van der Waals surface area contributed by atoms with Gasteiger partial charge in [0, 0.05) is 0 Å². The van der Waals surface area contributed by atoms with E-state index in [1.807, 2.05) is 0 Å². The van der Waals surface area contributed by atoms with Crippen LogP contribution < -0.4 is 5.32 Å². The lowest BCUT2D eigenvalue weighted by atomic mass is 9.94. The summed E-state index contributed by atoms with van der Waals surface area (Å²) in [5.41, 5.74) is -2.45. The number of carbonyl (C=O) groups is 2. The van der Waals surface area contributed by atoms with Gasteiger partial charge < -0.3 is 15.2 Å². The molecule has 0 aromatic rings. The van der Waals surface area contributed by atoms with E-state index >= 15 is 0 Å². The van der Waals surface area contributed by atoms with Crippen molar-refractivity contribution in [2.24, 2.45) is 0 Å². The normalized spacial score (nSPS) is 43.6. The third kappa shape index (κ3) is 1.10. The molecule has 1 unspecified atom stereocenters. The first-order valence-corrected chi connectivity index (χ1v) is 4.77. The Morgan fingerprint density at radius 3 is 2.60 bits per heavy atom. The number of amides is 1. The van der Waals surface area contributed by atoms with Gasteiger partial charge in [0.25, 0.3) is 5.91 Å². The second-order valence-corrected chi connectivity index (χ2v) is 4.14. The molecule has 1 amide bonds. The highest BCUT2D eigenvalue weighted by molar-refractivity contribution is 6.21. The lowest BCUT2D eigenvalue weighted by Gasteiger charge is -2.16. The van der Waals surface area contributed by atoms with E-state index in [1.165, 1.54) is 6.92 Å². The summed E-state index contributed by atoms with van der Waals surface area (Å²) in [4.78, 5) is 23.4. The topological polar surface area (TPSA) is 78.9 Å². The van der Waals surface area contributed by atoms with Crippen LogP contribution in [0.15, 0.2) is 11.6 Å². The standard InChI is InChI=1S/C10H13NO4/c1-4-5(2)6(12)10-7(15-10)9(3,14)11-8(10)13/h4,7,14H,1-3H3,(H,11,13)/b5-4+/t7-,9?,10-/m1/s1. The van der Waals surface area contributed by atoms with Crippen molar-refractivity contribution in [1.82, 2.24) is 5.32 Å². The summed E-state index contributed by atoms with van der Waals surface area (Å²) in [6, 6.07) is 0. The molecule has 2 fully saturated rings. The van der Waals surface area contributed by atoms with Gasteiger partial charge in [-0.1, -0.05) is 6.08 Å². The summed E-state index contributed by atoms with van der Waals surface area (Å²) in [7, 11) is 0. The Labute approximate surface area is 87.1 Å². The van der Waals surface area contributed by atoms with Gasteiger partial charge in [-0.3, -0.25) is 9.59 Å². The first-order valence-electron chi connectivity index (χ1n) is 4.77. The Morgan fingerprint density at radius 2 is 2.27 bits per heavy atom. The predicted molar refractivity (Wildman–Crippen MR) is 50.8 cm³/mol. The molecule has 2 aliphatic rings. The number of carbonyl (C=O) groups excluding carboxylic acids is 2. The molecule has 2 aliphatic heterocycles. The maximum absolute atomic E-state index is 11.9. The summed E-state index contributed by atoms with van der Waals surface area (Å²) in [6.45, 7) is 4.75. The zero-order valence-electron chi connectivity index (χ0n) is 8.83. The summed E-state index contributed by atoms with van der Waals surface area (Å²) >= 11 is 0. The van der Waals surface area contributed by atoms with Crippen molar-refractivity contribution in [3.05, 3.63) is 11.6 Å². The van der Waals surface area contributed by atoms with E-state index in [0.29, 0.717) is 5.57 Å². The number of epoxide rings is 1. The van der Waals surface area contributed by atoms with Crippen LogP contribution in [0.3, 0.4) is 0 Å². The Bertz CT molecular complexity index is 385. The molecule has 0 saturated carbocycles. The lowest BCUT2D eigenvalue weighted by molar-refractivity contribution is -0.137. The molecule has 5 heteroatoms. The fourth-order valence-corrected chi connectivity index (χ4v) is 1.92. The van der Waals surface area contributed by atoms with Crippen molar-refractivity contribution in [3.63, 3.8) is 0 Å². The average Bonchev–Trinajstić information content (AvgIpc) is 2.87. The van der Waals surface area contributed by atoms with Gasteiger partial charge in [-0.25, -0.2) is 0 Å². The van der Waals surface area contributed by atoms with Crippen molar-refractivity contribution in [1.29, 1.82) is 0 Å². The van der Waals surface area contributed by atoms with Crippen LogP contribution in [0, 0.1) is 0 Å². The number of morpholine rings is 1. The van der Waals surface area contributed by atoms with Gasteiger partial charge in [0.15, 0.2) is 11.8 Å². The number of nitrogens with one attached hydrogen (secondary N) is 1. The SMILES string of the molecule is C/C=C(\C)C(=O)[C@@]12O[C@@H]1C(C)(O)NC2=O. The molecule has 0 spiro atoms. The fraction of sp³-hybridized carbons (Fsp3) is 0.600. The van der Waals surface area contributed by atoms with Crippen LogP contribution in [-0.2, 0) is 14.3 Å². The van der Waals surface area contributed by atoms with Gasteiger partial charge in [0.1, 0.15) is 0 Å². The highest BCUT2D eigenvalue weighted by Crippen LogP contribution is 2.49. The van der Waals surface area contributed by atoms with Crippen molar-refractivity contribution in [3.8, 4) is 0 Å². The molecule has 2 N–H and O–H groups in total.